The second-order valence-corrected chi connectivity index (χ2v) is 5.17. The SMILES string of the molecule is Cc1nc(C(F)F)c(Br)cc1S(N)(=O)=O. The summed E-state index contributed by atoms with van der Waals surface area (Å²) < 4.78 is 46.7. The maximum atomic E-state index is 12.4. The molecule has 0 fully saturated rings. The van der Waals surface area contributed by atoms with Gasteiger partial charge >= 0.3 is 0 Å². The number of aromatic nitrogens is 1. The standard InChI is InChI=1S/C7H7BrF2N2O2S/c1-3-5(15(11,13)14)2-4(8)6(12-3)7(9)10/h2,7H,1H3,(H2,11,13,14). The highest BCUT2D eigenvalue weighted by atomic mass is 79.9. The third-order valence-corrected chi connectivity index (χ3v) is 3.32. The molecule has 84 valence electrons. The number of pyridine rings is 1. The lowest BCUT2D eigenvalue weighted by molar-refractivity contribution is 0.144. The van der Waals surface area contributed by atoms with Crippen LogP contribution in [0.25, 0.3) is 0 Å². The number of aryl methyl sites for hydroxylation is 1. The van der Waals surface area contributed by atoms with Gasteiger partial charge in [-0.05, 0) is 28.9 Å². The molecule has 0 aliphatic heterocycles. The monoisotopic (exact) mass is 300 g/mol. The average molecular weight is 301 g/mol. The van der Waals surface area contributed by atoms with Gasteiger partial charge in [0, 0.05) is 4.47 Å². The van der Waals surface area contributed by atoms with E-state index in [1.54, 1.807) is 0 Å². The number of primary sulfonamides is 1. The Balaban J connectivity index is 3.46. The second-order valence-electron chi connectivity index (χ2n) is 2.78. The van der Waals surface area contributed by atoms with Gasteiger partial charge in [0.15, 0.2) is 0 Å². The van der Waals surface area contributed by atoms with Crippen LogP contribution >= 0.6 is 15.9 Å². The topological polar surface area (TPSA) is 73.0 Å². The molecule has 0 aliphatic carbocycles. The number of nitrogens with zero attached hydrogens (tertiary/aromatic N) is 1. The Kier molecular flexibility index (Phi) is 3.41. The van der Waals surface area contributed by atoms with Gasteiger partial charge in [0.05, 0.1) is 5.69 Å². The number of alkyl halides is 2. The molecule has 4 nitrogen and oxygen atoms in total. The minimum Gasteiger partial charge on any atom is -0.250 e. The minimum atomic E-state index is -3.94. The predicted molar refractivity (Wildman–Crippen MR) is 53.0 cm³/mol. The van der Waals surface area contributed by atoms with E-state index in [9.17, 15) is 17.2 Å². The molecular weight excluding hydrogens is 294 g/mol. The normalized spacial score (nSPS) is 12.1. The maximum Gasteiger partial charge on any atom is 0.281 e. The quantitative estimate of drug-likeness (QED) is 0.904. The Morgan fingerprint density at radius 2 is 2.07 bits per heavy atom. The van der Waals surface area contributed by atoms with E-state index in [4.69, 9.17) is 5.14 Å². The molecule has 0 bridgehead atoms. The van der Waals surface area contributed by atoms with Gasteiger partial charge in [-0.1, -0.05) is 0 Å². The van der Waals surface area contributed by atoms with Gasteiger partial charge in [0.25, 0.3) is 6.43 Å². The van der Waals surface area contributed by atoms with Crippen molar-refractivity contribution >= 4 is 26.0 Å². The summed E-state index contributed by atoms with van der Waals surface area (Å²) >= 11 is 2.81. The van der Waals surface area contributed by atoms with E-state index in [0.29, 0.717) is 0 Å². The first-order valence-electron chi connectivity index (χ1n) is 3.71. The molecule has 0 aromatic carbocycles. The molecule has 1 rings (SSSR count). The number of sulfonamides is 1. The van der Waals surface area contributed by atoms with Crippen LogP contribution in [0.4, 0.5) is 8.78 Å². The number of hydrogen-bond acceptors (Lipinski definition) is 3. The van der Waals surface area contributed by atoms with E-state index in [0.717, 1.165) is 6.07 Å². The first kappa shape index (κ1) is 12.5. The highest BCUT2D eigenvalue weighted by Gasteiger charge is 2.20. The molecule has 8 heteroatoms. The molecule has 15 heavy (non-hydrogen) atoms. The van der Waals surface area contributed by atoms with Crippen LogP contribution in [0, 0.1) is 6.92 Å². The number of hydrogen-bond donors (Lipinski definition) is 1. The third kappa shape index (κ3) is 2.70. The summed E-state index contributed by atoms with van der Waals surface area (Å²) in [6, 6.07) is 1.03. The highest BCUT2D eigenvalue weighted by molar-refractivity contribution is 9.10. The largest absolute Gasteiger partial charge is 0.281 e. The van der Waals surface area contributed by atoms with Gasteiger partial charge in [-0.15, -0.1) is 0 Å². The van der Waals surface area contributed by atoms with Gasteiger partial charge in [-0.3, -0.25) is 0 Å². The lowest BCUT2D eigenvalue weighted by Gasteiger charge is -2.07. The van der Waals surface area contributed by atoms with Gasteiger partial charge in [0.2, 0.25) is 10.0 Å². The molecule has 0 amide bonds. The van der Waals surface area contributed by atoms with Crippen molar-refractivity contribution in [2.45, 2.75) is 18.2 Å². The van der Waals surface area contributed by atoms with Crippen molar-refractivity contribution in [3.63, 3.8) is 0 Å². The summed E-state index contributed by atoms with van der Waals surface area (Å²) in [5.41, 5.74) is -0.545. The van der Waals surface area contributed by atoms with Crippen LogP contribution in [0.3, 0.4) is 0 Å². The Bertz CT molecular complexity index is 490. The third-order valence-electron chi connectivity index (χ3n) is 1.66. The van der Waals surface area contributed by atoms with Crippen molar-refractivity contribution in [3.8, 4) is 0 Å². The Hall–Kier alpha value is -0.600. The van der Waals surface area contributed by atoms with E-state index >= 15 is 0 Å². The summed E-state index contributed by atoms with van der Waals surface area (Å²) in [4.78, 5) is 3.22. The molecule has 1 aromatic heterocycles. The van der Waals surface area contributed by atoms with E-state index in [1.165, 1.54) is 6.92 Å². The van der Waals surface area contributed by atoms with Crippen molar-refractivity contribution in [3.05, 3.63) is 21.9 Å². The fourth-order valence-electron chi connectivity index (χ4n) is 1.02. The second kappa shape index (κ2) is 4.11. The fraction of sp³-hybridized carbons (Fsp3) is 0.286. The summed E-state index contributed by atoms with van der Waals surface area (Å²) in [7, 11) is -3.94. The van der Waals surface area contributed by atoms with Crippen molar-refractivity contribution in [2.24, 2.45) is 5.14 Å². The fourth-order valence-corrected chi connectivity index (χ4v) is 2.41. The van der Waals surface area contributed by atoms with Crippen LogP contribution in [0.1, 0.15) is 17.8 Å². The molecule has 0 atom stereocenters. The first-order chi connectivity index (χ1) is 6.73. The molecule has 0 spiro atoms. The zero-order chi connectivity index (χ0) is 11.8. The molecule has 0 unspecified atom stereocenters. The van der Waals surface area contributed by atoms with Crippen molar-refractivity contribution in [2.75, 3.05) is 0 Å². The molecule has 0 aliphatic rings. The zero-order valence-corrected chi connectivity index (χ0v) is 9.94. The summed E-state index contributed by atoms with van der Waals surface area (Å²) in [6.45, 7) is 1.30. The van der Waals surface area contributed by atoms with Crippen LogP contribution < -0.4 is 5.14 Å². The van der Waals surface area contributed by atoms with E-state index in [2.05, 4.69) is 20.9 Å². The first-order valence-corrected chi connectivity index (χ1v) is 6.05. The number of halogens is 3. The van der Waals surface area contributed by atoms with Crippen LogP contribution in [-0.2, 0) is 10.0 Å². The van der Waals surface area contributed by atoms with Crippen molar-refractivity contribution < 1.29 is 17.2 Å². The predicted octanol–water partition coefficient (Wildman–Crippen LogP) is 1.74. The average Bonchev–Trinajstić information content (AvgIpc) is 2.06. The summed E-state index contributed by atoms with van der Waals surface area (Å²) in [5.74, 6) is 0. The van der Waals surface area contributed by atoms with Gasteiger partial charge < -0.3 is 0 Å². The molecule has 0 saturated heterocycles. The molecule has 2 N–H and O–H groups in total. The molecular formula is C7H7BrF2N2O2S. The van der Waals surface area contributed by atoms with Gasteiger partial charge in [-0.2, -0.15) is 0 Å². The molecule has 0 saturated carbocycles. The smallest absolute Gasteiger partial charge is 0.250 e. The maximum absolute atomic E-state index is 12.4. The van der Waals surface area contributed by atoms with Crippen molar-refractivity contribution in [1.29, 1.82) is 0 Å². The van der Waals surface area contributed by atoms with Gasteiger partial charge in [-0.25, -0.2) is 27.3 Å². The molecule has 0 radical (unpaired) electrons. The highest BCUT2D eigenvalue weighted by Crippen LogP contribution is 2.28. The Labute approximate surface area is 93.7 Å². The Morgan fingerprint density at radius 1 is 1.53 bits per heavy atom. The van der Waals surface area contributed by atoms with Crippen LogP contribution in [0.15, 0.2) is 15.4 Å². The van der Waals surface area contributed by atoms with E-state index < -0.39 is 22.1 Å². The lowest BCUT2D eigenvalue weighted by atomic mass is 10.3. The summed E-state index contributed by atoms with van der Waals surface area (Å²) in [5, 5.41) is 4.88. The summed E-state index contributed by atoms with van der Waals surface area (Å²) in [6.07, 6.45) is -2.77. The van der Waals surface area contributed by atoms with Crippen LogP contribution in [0.5, 0.6) is 0 Å². The lowest BCUT2D eigenvalue weighted by Crippen LogP contribution is -2.15. The van der Waals surface area contributed by atoms with E-state index in [1.807, 2.05) is 0 Å². The Morgan fingerprint density at radius 3 is 2.47 bits per heavy atom. The number of rotatable bonds is 2. The molecule has 1 heterocycles. The minimum absolute atomic E-state index is 0.0454. The molecule has 1 aromatic rings. The van der Waals surface area contributed by atoms with Crippen LogP contribution in [0.2, 0.25) is 0 Å². The van der Waals surface area contributed by atoms with Crippen molar-refractivity contribution in [1.82, 2.24) is 4.98 Å². The number of nitrogens with two attached hydrogens (primary N) is 1. The van der Waals surface area contributed by atoms with Gasteiger partial charge in [0.1, 0.15) is 10.6 Å². The van der Waals surface area contributed by atoms with E-state index in [-0.39, 0.29) is 15.1 Å². The zero-order valence-electron chi connectivity index (χ0n) is 7.54. The van der Waals surface area contributed by atoms with Crippen LogP contribution in [-0.4, -0.2) is 13.4 Å².